The summed E-state index contributed by atoms with van der Waals surface area (Å²) < 4.78 is 0. The molecule has 4 N–H and O–H groups in total. The van der Waals surface area contributed by atoms with Crippen LogP contribution < -0.4 is 16.4 Å². The fraction of sp³-hybridized carbons (Fsp3) is 0.250. The molecular formula is C20H26N6. The van der Waals surface area contributed by atoms with Crippen molar-refractivity contribution in [2.75, 3.05) is 17.7 Å². The molecule has 3 rings (SSSR count). The van der Waals surface area contributed by atoms with Crippen LogP contribution in [0, 0.1) is 0 Å². The second kappa shape index (κ2) is 8.92. The molecular weight excluding hydrogens is 324 g/mol. The average molecular weight is 350 g/mol. The Morgan fingerprint density at radius 1 is 1.15 bits per heavy atom. The Kier molecular flexibility index (Phi) is 6.63. The summed E-state index contributed by atoms with van der Waals surface area (Å²) in [5, 5.41) is 0. The number of aliphatic imine (C=N–C) groups is 2. The first kappa shape index (κ1) is 19.3. The minimum Gasteiger partial charge on any atom is -0.383 e. The lowest BCUT2D eigenvalue weighted by Gasteiger charge is -2.22. The van der Waals surface area contributed by atoms with Gasteiger partial charge in [0.05, 0.1) is 5.56 Å². The minimum atomic E-state index is 0.438. The molecule has 0 saturated heterocycles. The predicted molar refractivity (Wildman–Crippen MR) is 110 cm³/mol. The Morgan fingerprint density at radius 3 is 2.38 bits per heavy atom. The Bertz CT molecular complexity index is 834. The number of amidine groups is 2. The monoisotopic (exact) mass is 350 g/mol. The molecule has 0 bridgehead atoms. The SMILES string of the molecule is C/C=C1/N=C(c2cccnc2N)N(c2ccc(CN)cc2)C1=NC.CC. The van der Waals surface area contributed by atoms with Crippen LogP contribution in [-0.2, 0) is 6.54 Å². The van der Waals surface area contributed by atoms with Gasteiger partial charge in [-0.25, -0.2) is 9.98 Å². The summed E-state index contributed by atoms with van der Waals surface area (Å²) in [5.41, 5.74) is 15.4. The fourth-order valence-electron chi connectivity index (χ4n) is 2.65. The second-order valence-corrected chi connectivity index (χ2v) is 5.30. The molecule has 26 heavy (non-hydrogen) atoms. The van der Waals surface area contributed by atoms with Crippen molar-refractivity contribution in [3.8, 4) is 0 Å². The molecule has 1 aliphatic heterocycles. The maximum atomic E-state index is 6.07. The number of rotatable bonds is 3. The molecule has 0 aliphatic carbocycles. The van der Waals surface area contributed by atoms with E-state index in [-0.39, 0.29) is 0 Å². The lowest BCUT2D eigenvalue weighted by molar-refractivity contribution is 1.07. The highest BCUT2D eigenvalue weighted by Gasteiger charge is 2.31. The van der Waals surface area contributed by atoms with Gasteiger partial charge in [-0.15, -0.1) is 0 Å². The van der Waals surface area contributed by atoms with Gasteiger partial charge >= 0.3 is 0 Å². The molecule has 2 aromatic rings. The van der Waals surface area contributed by atoms with Crippen LogP contribution in [0.4, 0.5) is 11.5 Å². The number of anilines is 2. The van der Waals surface area contributed by atoms with E-state index in [0.717, 1.165) is 34.2 Å². The van der Waals surface area contributed by atoms with Crippen molar-refractivity contribution in [2.24, 2.45) is 15.7 Å². The summed E-state index contributed by atoms with van der Waals surface area (Å²) >= 11 is 0. The van der Waals surface area contributed by atoms with Crippen molar-refractivity contribution in [1.82, 2.24) is 4.98 Å². The lowest BCUT2D eigenvalue weighted by atomic mass is 10.1. The lowest BCUT2D eigenvalue weighted by Crippen LogP contribution is -2.33. The van der Waals surface area contributed by atoms with Crippen LogP contribution >= 0.6 is 0 Å². The molecule has 0 atom stereocenters. The van der Waals surface area contributed by atoms with Gasteiger partial charge in [-0.3, -0.25) is 9.89 Å². The van der Waals surface area contributed by atoms with E-state index < -0.39 is 0 Å². The summed E-state index contributed by atoms with van der Waals surface area (Å²) in [6, 6.07) is 11.8. The first-order valence-corrected chi connectivity index (χ1v) is 8.71. The van der Waals surface area contributed by atoms with Crippen molar-refractivity contribution in [2.45, 2.75) is 27.3 Å². The largest absolute Gasteiger partial charge is 0.383 e. The van der Waals surface area contributed by atoms with Gasteiger partial charge in [0.25, 0.3) is 0 Å². The van der Waals surface area contributed by atoms with Gasteiger partial charge in [0.1, 0.15) is 11.5 Å². The Hall–Kier alpha value is -2.99. The third kappa shape index (κ3) is 3.65. The highest BCUT2D eigenvalue weighted by atomic mass is 15.3. The standard InChI is InChI=1S/C18H20N6.C2H6/c1-3-15-18(21-2)24(13-8-6-12(11-19)7-9-13)17(23-15)14-5-4-10-22-16(14)20;1-2/h3-10H,11,19H2,1-2H3,(H2,20,22);1-2H3/b15-3+,21-18?;. The van der Waals surface area contributed by atoms with E-state index >= 15 is 0 Å². The molecule has 0 saturated carbocycles. The van der Waals surface area contributed by atoms with Crippen LogP contribution in [0.3, 0.4) is 0 Å². The Balaban J connectivity index is 0.00000117. The van der Waals surface area contributed by atoms with Crippen LogP contribution in [0.15, 0.2) is 64.4 Å². The molecule has 0 spiro atoms. The number of allylic oxidation sites excluding steroid dienone is 1. The molecule has 6 heteroatoms. The molecule has 136 valence electrons. The van der Waals surface area contributed by atoms with Crippen molar-refractivity contribution >= 4 is 23.2 Å². The first-order valence-electron chi connectivity index (χ1n) is 8.71. The number of hydrogen-bond donors (Lipinski definition) is 2. The number of hydrogen-bond acceptors (Lipinski definition) is 5. The van der Waals surface area contributed by atoms with Gasteiger partial charge in [0.2, 0.25) is 0 Å². The third-order valence-electron chi connectivity index (χ3n) is 3.87. The molecule has 0 unspecified atom stereocenters. The summed E-state index contributed by atoms with van der Waals surface area (Å²) in [7, 11) is 1.76. The van der Waals surface area contributed by atoms with Crippen molar-refractivity contribution in [3.63, 3.8) is 0 Å². The predicted octanol–water partition coefficient (Wildman–Crippen LogP) is 3.35. The normalized spacial score (nSPS) is 16.5. The van der Waals surface area contributed by atoms with Crippen LogP contribution in [-0.4, -0.2) is 23.7 Å². The van der Waals surface area contributed by atoms with E-state index in [1.54, 1.807) is 13.2 Å². The highest BCUT2D eigenvalue weighted by Crippen LogP contribution is 2.29. The van der Waals surface area contributed by atoms with E-state index in [1.165, 1.54) is 0 Å². The zero-order valence-corrected chi connectivity index (χ0v) is 15.8. The van der Waals surface area contributed by atoms with Crippen molar-refractivity contribution < 1.29 is 0 Å². The smallest absolute Gasteiger partial charge is 0.159 e. The van der Waals surface area contributed by atoms with Gasteiger partial charge < -0.3 is 11.5 Å². The van der Waals surface area contributed by atoms with E-state index in [0.29, 0.717) is 12.4 Å². The number of pyridine rings is 1. The van der Waals surface area contributed by atoms with Gasteiger partial charge in [-0.2, -0.15) is 0 Å². The Labute approximate surface area is 155 Å². The quantitative estimate of drug-likeness (QED) is 0.888. The third-order valence-corrected chi connectivity index (χ3v) is 3.87. The average Bonchev–Trinajstić information content (AvgIpc) is 3.08. The maximum Gasteiger partial charge on any atom is 0.159 e. The van der Waals surface area contributed by atoms with E-state index in [1.807, 2.05) is 68.1 Å². The molecule has 1 aliphatic rings. The molecule has 0 radical (unpaired) electrons. The summed E-state index contributed by atoms with van der Waals surface area (Å²) in [5.74, 6) is 1.93. The molecule has 6 nitrogen and oxygen atoms in total. The molecule has 1 aromatic heterocycles. The zero-order chi connectivity index (χ0) is 19.1. The van der Waals surface area contributed by atoms with Crippen molar-refractivity contribution in [1.29, 1.82) is 0 Å². The number of aromatic nitrogens is 1. The zero-order valence-electron chi connectivity index (χ0n) is 15.8. The minimum absolute atomic E-state index is 0.438. The summed E-state index contributed by atoms with van der Waals surface area (Å²) in [6.45, 7) is 6.45. The molecule has 2 heterocycles. The fourth-order valence-corrected chi connectivity index (χ4v) is 2.65. The van der Waals surface area contributed by atoms with Crippen LogP contribution in [0.25, 0.3) is 0 Å². The highest BCUT2D eigenvalue weighted by molar-refractivity contribution is 6.34. The molecule has 0 fully saturated rings. The number of nitrogens with zero attached hydrogens (tertiary/aromatic N) is 4. The van der Waals surface area contributed by atoms with E-state index in [4.69, 9.17) is 16.5 Å². The van der Waals surface area contributed by atoms with Crippen molar-refractivity contribution in [3.05, 3.63) is 65.5 Å². The summed E-state index contributed by atoms with van der Waals surface area (Å²) in [6.07, 6.45) is 3.60. The number of benzene rings is 1. The first-order chi connectivity index (χ1) is 12.7. The van der Waals surface area contributed by atoms with E-state index in [9.17, 15) is 0 Å². The van der Waals surface area contributed by atoms with Gasteiger partial charge in [0.15, 0.2) is 11.7 Å². The van der Waals surface area contributed by atoms with Gasteiger partial charge in [0, 0.05) is 25.5 Å². The van der Waals surface area contributed by atoms with Gasteiger partial charge in [-0.1, -0.05) is 32.1 Å². The van der Waals surface area contributed by atoms with Crippen LogP contribution in [0.5, 0.6) is 0 Å². The second-order valence-electron chi connectivity index (χ2n) is 5.30. The van der Waals surface area contributed by atoms with Crippen LogP contribution in [0.1, 0.15) is 31.9 Å². The Morgan fingerprint density at radius 2 is 1.85 bits per heavy atom. The van der Waals surface area contributed by atoms with Gasteiger partial charge in [-0.05, 0) is 36.8 Å². The number of nitrogen functional groups attached to an aromatic ring is 1. The molecule has 0 amide bonds. The van der Waals surface area contributed by atoms with E-state index in [2.05, 4.69) is 9.98 Å². The summed E-state index contributed by atoms with van der Waals surface area (Å²) in [4.78, 5) is 15.3. The van der Waals surface area contributed by atoms with Crippen LogP contribution in [0.2, 0.25) is 0 Å². The topological polar surface area (TPSA) is 92.9 Å². The maximum absolute atomic E-state index is 6.07. The number of nitrogens with two attached hydrogens (primary N) is 2. The molecule has 1 aromatic carbocycles.